The van der Waals surface area contributed by atoms with Crippen molar-refractivity contribution >= 4 is 33.6 Å². The van der Waals surface area contributed by atoms with Crippen LogP contribution in [0.25, 0.3) is 0 Å². The SMILES string of the molecule is CCCCC(NC(=O)C1C2C(CN1C(=O)C(NC(=O)NC1(CS(=O)(=O)C(C)(C)C)CCCCC1)C(C)(C)C)C2(C)C)C(O)C(=O)NC1CC1. The van der Waals surface area contributed by atoms with Crippen LogP contribution in [0.1, 0.15) is 127 Å². The summed E-state index contributed by atoms with van der Waals surface area (Å²) in [5.41, 5.74) is -1.86. The Balaban J connectivity index is 1.54. The van der Waals surface area contributed by atoms with E-state index in [0.717, 1.165) is 38.5 Å². The molecule has 5 amide bonds. The van der Waals surface area contributed by atoms with Crippen LogP contribution in [0.4, 0.5) is 4.79 Å². The molecule has 12 nitrogen and oxygen atoms in total. The number of amides is 5. The number of nitrogens with one attached hydrogen (secondary N) is 4. The molecule has 4 aliphatic rings. The molecule has 0 bridgehead atoms. The van der Waals surface area contributed by atoms with E-state index in [2.05, 4.69) is 35.1 Å². The smallest absolute Gasteiger partial charge is 0.315 e. The van der Waals surface area contributed by atoms with Crippen LogP contribution < -0.4 is 21.3 Å². The van der Waals surface area contributed by atoms with Crippen LogP contribution in [-0.4, -0.2) is 95.0 Å². The fraction of sp³-hybridized carbons (Fsp3) is 0.889. The second kappa shape index (κ2) is 14.3. The second-order valence-corrected chi connectivity index (χ2v) is 20.7. The van der Waals surface area contributed by atoms with Gasteiger partial charge in [0.25, 0.3) is 5.91 Å². The number of hydrogen-bond donors (Lipinski definition) is 5. The summed E-state index contributed by atoms with van der Waals surface area (Å²) in [4.78, 5) is 56.7. The first-order valence-electron chi connectivity index (χ1n) is 18.4. The number of sulfone groups is 1. The number of aliphatic hydroxyl groups excluding tert-OH is 1. The van der Waals surface area contributed by atoms with E-state index in [1.165, 1.54) is 0 Å². The Hall–Kier alpha value is -2.41. The first-order valence-corrected chi connectivity index (χ1v) is 20.1. The zero-order valence-corrected chi connectivity index (χ0v) is 32.1. The summed E-state index contributed by atoms with van der Waals surface area (Å²) in [6.07, 6.45) is 5.88. The summed E-state index contributed by atoms with van der Waals surface area (Å²) in [6, 6.07) is -3.17. The van der Waals surface area contributed by atoms with Crippen LogP contribution in [0.3, 0.4) is 0 Å². The number of carbonyl (C=O) groups is 4. The first kappa shape index (κ1) is 39.4. The highest BCUT2D eigenvalue weighted by molar-refractivity contribution is 7.92. The number of carbonyl (C=O) groups excluding carboxylic acids is 4. The van der Waals surface area contributed by atoms with Gasteiger partial charge in [0, 0.05) is 12.6 Å². The molecule has 0 radical (unpaired) electrons. The number of likely N-dealkylation sites (tertiary alicyclic amines) is 1. The van der Waals surface area contributed by atoms with Crippen molar-refractivity contribution in [1.29, 1.82) is 0 Å². The Kier molecular flexibility index (Phi) is 11.5. The minimum absolute atomic E-state index is 0.0653. The third kappa shape index (κ3) is 8.91. The van der Waals surface area contributed by atoms with Crippen molar-refractivity contribution in [1.82, 2.24) is 26.2 Å². The molecule has 0 aromatic rings. The fourth-order valence-electron chi connectivity index (χ4n) is 7.85. The molecule has 1 heterocycles. The molecule has 0 spiro atoms. The van der Waals surface area contributed by atoms with Crippen LogP contribution in [0, 0.1) is 22.7 Å². The van der Waals surface area contributed by atoms with Crippen LogP contribution in [-0.2, 0) is 24.2 Å². The van der Waals surface area contributed by atoms with E-state index in [-0.39, 0.29) is 35.0 Å². The lowest BCUT2D eigenvalue weighted by Crippen LogP contribution is -2.64. The van der Waals surface area contributed by atoms with Gasteiger partial charge in [-0.1, -0.05) is 73.6 Å². The van der Waals surface area contributed by atoms with E-state index in [9.17, 15) is 32.7 Å². The number of urea groups is 1. The van der Waals surface area contributed by atoms with Crippen molar-refractivity contribution in [2.75, 3.05) is 12.3 Å². The molecule has 6 unspecified atom stereocenters. The van der Waals surface area contributed by atoms with E-state index in [0.29, 0.717) is 32.2 Å². The number of rotatable bonds is 13. The number of piperidine rings is 1. The molecule has 4 fully saturated rings. The molecule has 6 atom stereocenters. The molecule has 3 saturated carbocycles. The van der Waals surface area contributed by atoms with Crippen molar-refractivity contribution in [3.63, 3.8) is 0 Å². The molecule has 13 heteroatoms. The molecular formula is C36H63N5O7S. The van der Waals surface area contributed by atoms with Gasteiger partial charge in [-0.2, -0.15) is 0 Å². The number of hydrogen-bond acceptors (Lipinski definition) is 7. The maximum Gasteiger partial charge on any atom is 0.315 e. The molecule has 5 N–H and O–H groups in total. The molecule has 3 aliphatic carbocycles. The van der Waals surface area contributed by atoms with Crippen LogP contribution in [0.5, 0.6) is 0 Å². The summed E-state index contributed by atoms with van der Waals surface area (Å²) < 4.78 is 25.6. The van der Waals surface area contributed by atoms with E-state index in [1.54, 1.807) is 25.7 Å². The summed E-state index contributed by atoms with van der Waals surface area (Å²) in [7, 11) is -3.55. The highest BCUT2D eigenvalue weighted by Gasteiger charge is 2.70. The Morgan fingerprint density at radius 3 is 2.10 bits per heavy atom. The van der Waals surface area contributed by atoms with Gasteiger partial charge in [-0.25, -0.2) is 13.2 Å². The summed E-state index contributed by atoms with van der Waals surface area (Å²) in [6.45, 7) is 17.1. The Morgan fingerprint density at radius 1 is 0.959 bits per heavy atom. The van der Waals surface area contributed by atoms with E-state index in [1.807, 2.05) is 27.7 Å². The maximum atomic E-state index is 14.5. The summed E-state index contributed by atoms with van der Waals surface area (Å²) >= 11 is 0. The van der Waals surface area contributed by atoms with Gasteiger partial charge in [-0.3, -0.25) is 14.4 Å². The predicted octanol–water partition coefficient (Wildman–Crippen LogP) is 3.41. The van der Waals surface area contributed by atoms with Gasteiger partial charge in [-0.15, -0.1) is 0 Å². The highest BCUT2D eigenvalue weighted by atomic mass is 32.2. The molecule has 0 aromatic carbocycles. The lowest BCUT2D eigenvalue weighted by molar-refractivity contribution is -0.144. The highest BCUT2D eigenvalue weighted by Crippen LogP contribution is 2.65. The van der Waals surface area contributed by atoms with Crippen molar-refractivity contribution in [2.24, 2.45) is 22.7 Å². The minimum Gasteiger partial charge on any atom is -0.381 e. The zero-order chi connectivity index (χ0) is 36.7. The summed E-state index contributed by atoms with van der Waals surface area (Å²) in [5.74, 6) is -1.49. The van der Waals surface area contributed by atoms with E-state index >= 15 is 0 Å². The average Bonchev–Trinajstić information content (AvgIpc) is 3.83. The molecule has 4 rings (SSSR count). The third-order valence-corrected chi connectivity index (χ3v) is 14.3. The quantitative estimate of drug-likeness (QED) is 0.195. The fourth-order valence-corrected chi connectivity index (χ4v) is 9.37. The number of unbranched alkanes of at least 4 members (excludes halogenated alkanes) is 1. The topological polar surface area (TPSA) is 174 Å². The third-order valence-electron chi connectivity index (χ3n) is 11.5. The monoisotopic (exact) mass is 709 g/mol. The number of fused-ring (bicyclic) bond motifs is 1. The Morgan fingerprint density at radius 2 is 1.57 bits per heavy atom. The van der Waals surface area contributed by atoms with Crippen LogP contribution >= 0.6 is 0 Å². The van der Waals surface area contributed by atoms with Crippen molar-refractivity contribution in [3.05, 3.63) is 0 Å². The maximum absolute atomic E-state index is 14.5. The standard InChI is InChI=1S/C36H63N5O7S/c1-10-11-15-24(27(42)30(44)37-22-16-17-22)38-29(43)26-25-23(35(25,8)9)20-41(26)31(45)28(33(2,3)4)39-32(46)40-36(18-13-12-14-19-36)21-49(47,48)34(5,6)7/h22-28,42H,10-21H2,1-9H3,(H,37,44)(H,38,43)(H2,39,40,46). The van der Waals surface area contributed by atoms with Crippen LogP contribution in [0.2, 0.25) is 0 Å². The van der Waals surface area contributed by atoms with Crippen molar-refractivity contribution in [2.45, 2.75) is 167 Å². The van der Waals surface area contributed by atoms with Gasteiger partial charge in [0.1, 0.15) is 12.1 Å². The molecule has 1 saturated heterocycles. The minimum atomic E-state index is -3.55. The lowest BCUT2D eigenvalue weighted by atomic mass is 9.83. The predicted molar refractivity (Wildman–Crippen MR) is 189 cm³/mol. The van der Waals surface area contributed by atoms with Gasteiger partial charge in [0.05, 0.1) is 22.1 Å². The van der Waals surface area contributed by atoms with Crippen molar-refractivity contribution in [3.8, 4) is 0 Å². The Labute approximate surface area is 294 Å². The first-order chi connectivity index (χ1) is 22.5. The average molecular weight is 710 g/mol. The molecule has 1 aliphatic heterocycles. The van der Waals surface area contributed by atoms with Crippen molar-refractivity contribution < 1.29 is 32.7 Å². The molecule has 280 valence electrons. The second-order valence-electron chi connectivity index (χ2n) is 18.0. The number of nitrogens with zero attached hydrogens (tertiary/aromatic N) is 1. The Bertz CT molecular complexity index is 1360. The normalized spacial score (nSPS) is 26.5. The molecule has 0 aromatic heterocycles. The molecular weight excluding hydrogens is 646 g/mol. The van der Waals surface area contributed by atoms with Crippen LogP contribution in [0.15, 0.2) is 0 Å². The number of aliphatic hydroxyl groups is 1. The largest absolute Gasteiger partial charge is 0.381 e. The van der Waals surface area contributed by atoms with Gasteiger partial charge in [0.2, 0.25) is 11.8 Å². The van der Waals surface area contributed by atoms with Gasteiger partial charge < -0.3 is 31.3 Å². The zero-order valence-electron chi connectivity index (χ0n) is 31.3. The summed E-state index contributed by atoms with van der Waals surface area (Å²) in [5, 5.41) is 22.7. The van der Waals surface area contributed by atoms with Gasteiger partial charge in [-0.05, 0) is 75.5 Å². The van der Waals surface area contributed by atoms with E-state index in [4.69, 9.17) is 0 Å². The molecule has 49 heavy (non-hydrogen) atoms. The van der Waals surface area contributed by atoms with E-state index < -0.39 is 67.6 Å². The lowest BCUT2D eigenvalue weighted by Gasteiger charge is -2.41. The van der Waals surface area contributed by atoms with Gasteiger partial charge >= 0.3 is 6.03 Å². The van der Waals surface area contributed by atoms with Gasteiger partial charge in [0.15, 0.2) is 15.9 Å².